The Labute approximate surface area is 212 Å². The van der Waals surface area contributed by atoms with Gasteiger partial charge in [0.25, 0.3) is 0 Å². The molecule has 3 N–H and O–H groups in total. The fraction of sp³-hybridized carbons (Fsp3) is 0.708. The lowest BCUT2D eigenvalue weighted by Gasteiger charge is -2.19. The Morgan fingerprint density at radius 2 is 1.84 bits per heavy atom. The average Bonchev–Trinajstić information content (AvgIpc) is 2.79. The van der Waals surface area contributed by atoms with Crippen LogP contribution in [0.2, 0.25) is 0 Å². The first-order chi connectivity index (χ1) is 15.1. The summed E-state index contributed by atoms with van der Waals surface area (Å²) in [6, 6.07) is 5.99. The number of likely N-dealkylation sites (N-methyl/N-ethyl adjacent to an activating group) is 1. The number of guanidine groups is 1. The van der Waals surface area contributed by atoms with Gasteiger partial charge in [-0.1, -0.05) is 33.3 Å². The van der Waals surface area contributed by atoms with E-state index >= 15 is 0 Å². The summed E-state index contributed by atoms with van der Waals surface area (Å²) in [7, 11) is 1.67. The molecule has 32 heavy (non-hydrogen) atoms. The van der Waals surface area contributed by atoms with E-state index in [1.165, 1.54) is 0 Å². The topological polar surface area (TPSA) is 78.3 Å². The monoisotopic (exact) mass is 564 g/mol. The van der Waals surface area contributed by atoms with Gasteiger partial charge in [-0.3, -0.25) is 0 Å². The summed E-state index contributed by atoms with van der Waals surface area (Å²) in [5, 5.41) is 16.0. The van der Waals surface area contributed by atoms with E-state index in [0.717, 1.165) is 75.0 Å². The summed E-state index contributed by atoms with van der Waals surface area (Å²) < 4.78 is 11.5. The highest BCUT2D eigenvalue weighted by Gasteiger charge is 2.10. The lowest BCUT2D eigenvalue weighted by Crippen LogP contribution is -2.40. The van der Waals surface area contributed by atoms with Gasteiger partial charge in [-0.25, -0.2) is 4.99 Å². The molecule has 0 aliphatic rings. The molecule has 0 saturated carbocycles. The first kappa shape index (κ1) is 30.7. The predicted molar refractivity (Wildman–Crippen MR) is 145 cm³/mol. The molecule has 1 unspecified atom stereocenters. The molecule has 0 saturated heterocycles. The van der Waals surface area contributed by atoms with E-state index in [-0.39, 0.29) is 30.6 Å². The SMILES string of the molecule is CCCC(CCO)CNC(=NCc1ccc(OCCN(CC)CC)c(OC)c1)NCC.I. The third-order valence-corrected chi connectivity index (χ3v) is 5.34. The molecule has 0 radical (unpaired) electrons. The zero-order valence-corrected chi connectivity index (χ0v) is 23.0. The number of nitrogens with zero attached hydrogens (tertiary/aromatic N) is 2. The number of aliphatic hydroxyl groups is 1. The van der Waals surface area contributed by atoms with Crippen molar-refractivity contribution < 1.29 is 14.6 Å². The molecule has 0 aliphatic carbocycles. The van der Waals surface area contributed by atoms with E-state index in [4.69, 9.17) is 14.5 Å². The van der Waals surface area contributed by atoms with Crippen LogP contribution in [-0.4, -0.2) is 69.0 Å². The molecule has 0 heterocycles. The van der Waals surface area contributed by atoms with E-state index in [1.54, 1.807) is 7.11 Å². The van der Waals surface area contributed by atoms with Crippen LogP contribution in [0.15, 0.2) is 23.2 Å². The number of nitrogens with one attached hydrogen (secondary N) is 2. The highest BCUT2D eigenvalue weighted by atomic mass is 127. The first-order valence-electron chi connectivity index (χ1n) is 11.8. The van der Waals surface area contributed by atoms with Crippen molar-refractivity contribution in [3.63, 3.8) is 0 Å². The molecule has 1 aromatic carbocycles. The van der Waals surface area contributed by atoms with Crippen molar-refractivity contribution in [1.82, 2.24) is 15.5 Å². The molecule has 0 bridgehead atoms. The number of hydrogen-bond donors (Lipinski definition) is 3. The Hall–Kier alpha value is -1.26. The Kier molecular flexibility index (Phi) is 18.5. The molecular weight excluding hydrogens is 519 g/mol. The van der Waals surface area contributed by atoms with Crippen LogP contribution in [0.4, 0.5) is 0 Å². The number of benzene rings is 1. The van der Waals surface area contributed by atoms with Gasteiger partial charge in [0.2, 0.25) is 0 Å². The Morgan fingerprint density at radius 3 is 2.44 bits per heavy atom. The zero-order valence-electron chi connectivity index (χ0n) is 20.7. The average molecular weight is 565 g/mol. The summed E-state index contributed by atoms with van der Waals surface area (Å²) in [5.74, 6) is 2.74. The van der Waals surface area contributed by atoms with Gasteiger partial charge in [0.05, 0.1) is 13.7 Å². The van der Waals surface area contributed by atoms with Gasteiger partial charge in [0.15, 0.2) is 17.5 Å². The second-order valence-corrected chi connectivity index (χ2v) is 7.60. The van der Waals surface area contributed by atoms with E-state index in [9.17, 15) is 5.11 Å². The predicted octanol–water partition coefficient (Wildman–Crippen LogP) is 3.89. The normalized spacial score (nSPS) is 12.3. The van der Waals surface area contributed by atoms with Crippen LogP contribution in [0.5, 0.6) is 11.5 Å². The van der Waals surface area contributed by atoms with Gasteiger partial charge in [0, 0.05) is 26.2 Å². The highest BCUT2D eigenvalue weighted by molar-refractivity contribution is 14.0. The molecule has 0 fully saturated rings. The second kappa shape index (κ2) is 19.2. The van der Waals surface area contributed by atoms with Crippen molar-refractivity contribution in [2.24, 2.45) is 10.9 Å². The standard InChI is InChI=1S/C24H44N4O3.HI/c1-6-10-20(13-15-29)18-26-24(25-7-2)27-19-21-11-12-22(23(17-21)30-5)31-16-14-28(8-3)9-4;/h11-12,17,20,29H,6-10,13-16,18-19H2,1-5H3,(H2,25,26,27);1H. The quantitative estimate of drug-likeness (QED) is 0.161. The fourth-order valence-electron chi connectivity index (χ4n) is 3.45. The van der Waals surface area contributed by atoms with Gasteiger partial charge >= 0.3 is 0 Å². The minimum Gasteiger partial charge on any atom is -0.493 e. The maximum atomic E-state index is 9.26. The van der Waals surface area contributed by atoms with Gasteiger partial charge in [-0.15, -0.1) is 24.0 Å². The molecule has 0 aliphatic heterocycles. The molecule has 186 valence electrons. The first-order valence-corrected chi connectivity index (χ1v) is 11.8. The highest BCUT2D eigenvalue weighted by Crippen LogP contribution is 2.28. The lowest BCUT2D eigenvalue weighted by atomic mass is 10.0. The molecule has 1 aromatic rings. The number of aliphatic hydroxyl groups excluding tert-OH is 1. The fourth-order valence-corrected chi connectivity index (χ4v) is 3.45. The van der Waals surface area contributed by atoms with Gasteiger partial charge < -0.3 is 30.1 Å². The molecule has 7 nitrogen and oxygen atoms in total. The second-order valence-electron chi connectivity index (χ2n) is 7.60. The molecule has 0 aromatic heterocycles. The van der Waals surface area contributed by atoms with E-state index in [0.29, 0.717) is 19.1 Å². The van der Waals surface area contributed by atoms with Crippen LogP contribution in [0.25, 0.3) is 0 Å². The van der Waals surface area contributed by atoms with Crippen molar-refractivity contribution >= 4 is 29.9 Å². The van der Waals surface area contributed by atoms with E-state index in [2.05, 4.69) is 43.2 Å². The van der Waals surface area contributed by atoms with Crippen LogP contribution in [0.3, 0.4) is 0 Å². The van der Waals surface area contributed by atoms with Crippen molar-refractivity contribution in [1.29, 1.82) is 0 Å². The Balaban J connectivity index is 0.00000961. The van der Waals surface area contributed by atoms with Crippen LogP contribution in [-0.2, 0) is 6.54 Å². The molecular formula is C24H45IN4O3. The maximum absolute atomic E-state index is 9.26. The molecule has 0 amide bonds. The van der Waals surface area contributed by atoms with Crippen molar-refractivity contribution in [3.8, 4) is 11.5 Å². The third-order valence-electron chi connectivity index (χ3n) is 5.34. The number of hydrogen-bond acceptors (Lipinski definition) is 5. The summed E-state index contributed by atoms with van der Waals surface area (Å²) >= 11 is 0. The Bertz CT molecular complexity index is 621. The number of aliphatic imine (C=N–C) groups is 1. The molecule has 8 heteroatoms. The minimum atomic E-state index is 0. The summed E-state index contributed by atoms with van der Waals surface area (Å²) in [6.07, 6.45) is 3.02. The van der Waals surface area contributed by atoms with Crippen LogP contribution < -0.4 is 20.1 Å². The minimum absolute atomic E-state index is 0. The number of rotatable bonds is 16. The van der Waals surface area contributed by atoms with Crippen molar-refractivity contribution in [2.45, 2.75) is 53.5 Å². The third kappa shape index (κ3) is 12.1. The molecule has 0 spiro atoms. The van der Waals surface area contributed by atoms with Gasteiger partial charge in [-0.05, 0) is 56.5 Å². The van der Waals surface area contributed by atoms with Crippen LogP contribution in [0, 0.1) is 5.92 Å². The number of halogens is 1. The van der Waals surface area contributed by atoms with Crippen LogP contribution in [0.1, 0.15) is 52.5 Å². The number of ether oxygens (including phenoxy) is 2. The molecule has 1 atom stereocenters. The summed E-state index contributed by atoms with van der Waals surface area (Å²) in [5.41, 5.74) is 1.06. The summed E-state index contributed by atoms with van der Waals surface area (Å²) in [6.45, 7) is 14.5. The van der Waals surface area contributed by atoms with Gasteiger partial charge in [-0.2, -0.15) is 0 Å². The summed E-state index contributed by atoms with van der Waals surface area (Å²) in [4.78, 5) is 7.05. The number of methoxy groups -OCH3 is 1. The van der Waals surface area contributed by atoms with E-state index < -0.39 is 0 Å². The largest absolute Gasteiger partial charge is 0.493 e. The van der Waals surface area contributed by atoms with Crippen LogP contribution >= 0.6 is 24.0 Å². The van der Waals surface area contributed by atoms with Gasteiger partial charge in [0.1, 0.15) is 6.61 Å². The van der Waals surface area contributed by atoms with E-state index in [1.807, 2.05) is 18.2 Å². The lowest BCUT2D eigenvalue weighted by molar-refractivity contribution is 0.217. The zero-order chi connectivity index (χ0) is 22.9. The maximum Gasteiger partial charge on any atom is 0.191 e. The van der Waals surface area contributed by atoms with Crippen molar-refractivity contribution in [2.75, 3.05) is 53.0 Å². The smallest absolute Gasteiger partial charge is 0.191 e. The Morgan fingerprint density at radius 1 is 1.09 bits per heavy atom. The van der Waals surface area contributed by atoms with Crippen molar-refractivity contribution in [3.05, 3.63) is 23.8 Å². The molecule has 1 rings (SSSR count).